The number of tetrazole rings is 1. The zero-order chi connectivity index (χ0) is 17.1. The van der Waals surface area contributed by atoms with Crippen molar-refractivity contribution in [1.29, 1.82) is 0 Å². The molecule has 1 atom stereocenters. The minimum Gasteiger partial charge on any atom is -0.494 e. The first-order chi connectivity index (χ1) is 11.6. The van der Waals surface area contributed by atoms with Crippen LogP contribution in [0.25, 0.3) is 5.69 Å². The number of aromatic nitrogens is 4. The van der Waals surface area contributed by atoms with Crippen molar-refractivity contribution < 1.29 is 9.13 Å². The maximum Gasteiger partial charge on any atom is 0.214 e. The fourth-order valence-corrected chi connectivity index (χ4v) is 3.26. The Balaban J connectivity index is 1.91. The minimum atomic E-state index is -0.245. The van der Waals surface area contributed by atoms with Crippen molar-refractivity contribution in [2.45, 2.75) is 24.3 Å². The Kier molecular flexibility index (Phi) is 4.80. The number of benzene rings is 2. The Morgan fingerprint density at radius 2 is 1.92 bits per heavy atom. The van der Waals surface area contributed by atoms with Crippen molar-refractivity contribution in [2.24, 2.45) is 0 Å². The second-order valence-electron chi connectivity index (χ2n) is 5.36. The molecule has 0 aliphatic heterocycles. The molecule has 0 fully saturated rings. The summed E-state index contributed by atoms with van der Waals surface area (Å²) >= 11 is 1.50. The molecule has 3 rings (SSSR count). The highest BCUT2D eigenvalue weighted by molar-refractivity contribution is 7.99. The van der Waals surface area contributed by atoms with Crippen LogP contribution < -0.4 is 4.74 Å². The van der Waals surface area contributed by atoms with Crippen molar-refractivity contribution in [1.82, 2.24) is 20.2 Å². The van der Waals surface area contributed by atoms with E-state index in [9.17, 15) is 4.39 Å². The highest BCUT2D eigenvalue weighted by Gasteiger charge is 2.17. The van der Waals surface area contributed by atoms with Crippen LogP contribution in [0.3, 0.4) is 0 Å². The largest absolute Gasteiger partial charge is 0.494 e. The smallest absolute Gasteiger partial charge is 0.214 e. The van der Waals surface area contributed by atoms with Gasteiger partial charge < -0.3 is 4.74 Å². The third kappa shape index (κ3) is 3.41. The van der Waals surface area contributed by atoms with Crippen molar-refractivity contribution in [3.8, 4) is 11.4 Å². The van der Waals surface area contributed by atoms with Gasteiger partial charge in [-0.3, -0.25) is 0 Å². The molecule has 0 saturated carbocycles. The molecule has 0 amide bonds. The lowest BCUT2D eigenvalue weighted by molar-refractivity contribution is 0.410. The molecule has 1 heterocycles. The predicted molar refractivity (Wildman–Crippen MR) is 91.1 cm³/mol. The summed E-state index contributed by atoms with van der Waals surface area (Å²) in [6.45, 7) is 4.03. The molecule has 3 aromatic rings. The molecule has 1 aromatic heterocycles. The van der Waals surface area contributed by atoms with E-state index in [1.54, 1.807) is 23.9 Å². The van der Waals surface area contributed by atoms with Gasteiger partial charge in [0.05, 0.1) is 7.11 Å². The molecule has 0 bridgehead atoms. The van der Waals surface area contributed by atoms with Gasteiger partial charge in [-0.25, -0.2) is 4.39 Å². The summed E-state index contributed by atoms with van der Waals surface area (Å²) in [5, 5.41) is 12.7. The summed E-state index contributed by atoms with van der Waals surface area (Å²) in [6.07, 6.45) is 0. The number of nitrogens with zero attached hydrogens (tertiary/aromatic N) is 4. The van der Waals surface area contributed by atoms with E-state index in [4.69, 9.17) is 4.74 Å². The fourth-order valence-electron chi connectivity index (χ4n) is 2.33. The van der Waals surface area contributed by atoms with E-state index in [-0.39, 0.29) is 11.1 Å². The number of halogens is 1. The van der Waals surface area contributed by atoms with Crippen molar-refractivity contribution in [3.63, 3.8) is 0 Å². The minimum absolute atomic E-state index is 0.0751. The van der Waals surface area contributed by atoms with Gasteiger partial charge in [-0.05, 0) is 59.7 Å². The number of rotatable bonds is 5. The van der Waals surface area contributed by atoms with Gasteiger partial charge in [0.15, 0.2) is 0 Å². The fraction of sp³-hybridized carbons (Fsp3) is 0.235. The second kappa shape index (κ2) is 7.00. The molecular weight excluding hydrogens is 327 g/mol. The van der Waals surface area contributed by atoms with E-state index in [0.29, 0.717) is 10.9 Å². The molecule has 124 valence electrons. The molecular formula is C17H17FN4OS. The highest BCUT2D eigenvalue weighted by Crippen LogP contribution is 2.35. The molecule has 0 spiro atoms. The predicted octanol–water partition coefficient (Wildman–Crippen LogP) is 3.97. The maximum absolute atomic E-state index is 13.1. The van der Waals surface area contributed by atoms with E-state index >= 15 is 0 Å². The van der Waals surface area contributed by atoms with Gasteiger partial charge in [0.1, 0.15) is 17.3 Å². The number of methoxy groups -OCH3 is 1. The van der Waals surface area contributed by atoms with Crippen LogP contribution in [0.4, 0.5) is 4.39 Å². The van der Waals surface area contributed by atoms with Gasteiger partial charge in [0.25, 0.3) is 0 Å². The summed E-state index contributed by atoms with van der Waals surface area (Å²) in [4.78, 5) is 0. The van der Waals surface area contributed by atoms with Crippen LogP contribution in [-0.2, 0) is 0 Å². The van der Waals surface area contributed by atoms with Gasteiger partial charge >= 0.3 is 0 Å². The number of hydrogen-bond donors (Lipinski definition) is 0. The average molecular weight is 344 g/mol. The number of thioether (sulfide) groups is 1. The number of hydrogen-bond acceptors (Lipinski definition) is 5. The standard InChI is InChI=1S/C17H17FN4OS/c1-11-4-9-16(23-3)15(10-11)22-17(19-20-21-22)24-12(2)13-5-7-14(18)8-6-13/h4-10,12H,1-3H3/t12-/m0/s1. The molecule has 0 N–H and O–H groups in total. The lowest BCUT2D eigenvalue weighted by Gasteiger charge is -2.13. The number of ether oxygens (including phenoxy) is 1. The van der Waals surface area contributed by atoms with Gasteiger partial charge in [-0.15, -0.1) is 5.10 Å². The van der Waals surface area contributed by atoms with Crippen LogP contribution >= 0.6 is 11.8 Å². The van der Waals surface area contributed by atoms with Crippen LogP contribution in [0.15, 0.2) is 47.6 Å². The van der Waals surface area contributed by atoms with Crippen molar-refractivity contribution in [3.05, 3.63) is 59.4 Å². The normalized spacial score (nSPS) is 12.2. The van der Waals surface area contributed by atoms with Gasteiger partial charge in [-0.2, -0.15) is 4.68 Å². The quantitative estimate of drug-likeness (QED) is 0.656. The van der Waals surface area contributed by atoms with E-state index in [1.807, 2.05) is 32.0 Å². The molecule has 0 radical (unpaired) electrons. The maximum atomic E-state index is 13.1. The molecule has 0 saturated heterocycles. The second-order valence-corrected chi connectivity index (χ2v) is 6.67. The van der Waals surface area contributed by atoms with Crippen LogP contribution in [0, 0.1) is 12.7 Å². The molecule has 0 unspecified atom stereocenters. The van der Waals surface area contributed by atoms with Crippen LogP contribution in [-0.4, -0.2) is 27.3 Å². The van der Waals surface area contributed by atoms with Crippen LogP contribution in [0.1, 0.15) is 23.3 Å². The summed E-state index contributed by atoms with van der Waals surface area (Å²) in [7, 11) is 1.62. The average Bonchev–Trinajstić information content (AvgIpc) is 3.03. The summed E-state index contributed by atoms with van der Waals surface area (Å²) in [6, 6.07) is 12.3. The number of aryl methyl sites for hydroxylation is 1. The van der Waals surface area contributed by atoms with Gasteiger partial charge in [0, 0.05) is 5.25 Å². The molecule has 5 nitrogen and oxygen atoms in total. The van der Waals surface area contributed by atoms with Gasteiger partial charge in [0.2, 0.25) is 5.16 Å². The third-order valence-corrected chi connectivity index (χ3v) is 4.72. The lowest BCUT2D eigenvalue weighted by atomic mass is 10.2. The van der Waals surface area contributed by atoms with Crippen molar-refractivity contribution in [2.75, 3.05) is 7.11 Å². The van der Waals surface area contributed by atoms with Crippen LogP contribution in [0.2, 0.25) is 0 Å². The molecule has 24 heavy (non-hydrogen) atoms. The van der Waals surface area contributed by atoms with Crippen LogP contribution in [0.5, 0.6) is 5.75 Å². The Morgan fingerprint density at radius 1 is 1.17 bits per heavy atom. The zero-order valence-electron chi connectivity index (χ0n) is 13.6. The molecule has 2 aromatic carbocycles. The Bertz CT molecular complexity index is 835. The van der Waals surface area contributed by atoms with Gasteiger partial charge in [-0.1, -0.05) is 30.0 Å². The molecule has 7 heteroatoms. The summed E-state index contributed by atoms with van der Waals surface area (Å²) < 4.78 is 20.2. The summed E-state index contributed by atoms with van der Waals surface area (Å²) in [5.41, 5.74) is 2.88. The SMILES string of the molecule is COc1ccc(C)cc1-n1nnnc1S[C@@H](C)c1ccc(F)cc1. The van der Waals surface area contributed by atoms with Crippen molar-refractivity contribution >= 4 is 11.8 Å². The Hall–Kier alpha value is -2.41. The third-order valence-electron chi connectivity index (χ3n) is 3.63. The molecule has 0 aliphatic carbocycles. The van der Waals surface area contributed by atoms with E-state index in [0.717, 1.165) is 16.8 Å². The highest BCUT2D eigenvalue weighted by atomic mass is 32.2. The van der Waals surface area contributed by atoms with E-state index in [2.05, 4.69) is 15.5 Å². The summed E-state index contributed by atoms with van der Waals surface area (Å²) in [5.74, 6) is 0.453. The first-order valence-electron chi connectivity index (χ1n) is 7.44. The first-order valence-corrected chi connectivity index (χ1v) is 8.32. The van der Waals surface area contributed by atoms with E-state index in [1.165, 1.54) is 23.9 Å². The Labute approximate surface area is 143 Å². The Morgan fingerprint density at radius 3 is 2.62 bits per heavy atom. The monoisotopic (exact) mass is 344 g/mol. The zero-order valence-corrected chi connectivity index (χ0v) is 14.4. The lowest BCUT2D eigenvalue weighted by Crippen LogP contribution is -2.03. The first kappa shape index (κ1) is 16.4. The molecule has 0 aliphatic rings. The van der Waals surface area contributed by atoms with E-state index < -0.39 is 0 Å². The topological polar surface area (TPSA) is 52.8 Å².